The highest BCUT2D eigenvalue weighted by Crippen LogP contribution is 2.42. The number of nitrogens with zero attached hydrogens (tertiary/aromatic N) is 9. The summed E-state index contributed by atoms with van der Waals surface area (Å²) in [5.74, 6) is 2.04. The second-order valence-electron chi connectivity index (χ2n) is 15.1. The minimum Gasteiger partial charge on any atom is -0.481 e. The summed E-state index contributed by atoms with van der Waals surface area (Å²) < 4.78 is 10.4. The number of ether oxygens (including phenoxy) is 2. The maximum absolute atomic E-state index is 13.3. The SMILES string of the molecule is COCCN(CCOC)C(=O)[C@H]1CCc2c(sc3ncnc(Nc4cc5c(cn4)CN=C5)c23)C1.O=C(O)[C@H]1CCc2c(sc3ncnc(Nc4cc5c(cn4)CN=C5)c23)C1. The Hall–Kier alpha value is -5.82. The molecule has 8 heterocycles. The molecule has 2 aliphatic heterocycles. The number of carbonyl (C=O) groups is 2. The van der Waals surface area contributed by atoms with Crippen LogP contribution < -0.4 is 10.6 Å². The summed E-state index contributed by atoms with van der Waals surface area (Å²) in [6.45, 7) is 3.56. The molecule has 60 heavy (non-hydrogen) atoms. The Morgan fingerprint density at radius 2 is 1.23 bits per heavy atom. The number of methoxy groups -OCH3 is 2. The molecular weight excluding hydrogens is 803 g/mol. The van der Waals surface area contributed by atoms with E-state index in [2.05, 4.69) is 50.5 Å². The Morgan fingerprint density at radius 3 is 1.73 bits per heavy atom. The number of nitrogens with one attached hydrogen (secondary N) is 2. The number of hydrogen-bond acceptors (Lipinski definition) is 16. The van der Waals surface area contributed by atoms with Gasteiger partial charge in [-0.15, -0.1) is 22.7 Å². The lowest BCUT2D eigenvalue weighted by Gasteiger charge is -2.29. The number of thiophene rings is 2. The maximum atomic E-state index is 13.3. The molecule has 0 unspecified atom stereocenters. The van der Waals surface area contributed by atoms with E-state index in [1.807, 2.05) is 41.9 Å². The number of fused-ring (bicyclic) bond motifs is 8. The fourth-order valence-electron chi connectivity index (χ4n) is 8.19. The number of hydrogen-bond donors (Lipinski definition) is 3. The van der Waals surface area contributed by atoms with Crippen molar-refractivity contribution in [3.8, 4) is 0 Å². The highest BCUT2D eigenvalue weighted by atomic mass is 32.1. The quantitative estimate of drug-likeness (QED) is 0.131. The Bertz CT molecular complexity index is 2650. The third kappa shape index (κ3) is 8.07. The van der Waals surface area contributed by atoms with E-state index in [-0.39, 0.29) is 17.7 Å². The molecule has 4 aliphatic rings. The topological polar surface area (TPSA) is 202 Å². The number of aromatic nitrogens is 6. The van der Waals surface area contributed by atoms with Crippen LogP contribution in [-0.4, -0.2) is 105 Å². The number of aliphatic carboxylic acids is 1. The minimum atomic E-state index is -0.721. The average molecular weight is 846 g/mol. The van der Waals surface area contributed by atoms with Crippen LogP contribution in [0.5, 0.6) is 0 Å². The number of amides is 1. The first kappa shape index (κ1) is 39.6. The first-order valence-corrected chi connectivity index (χ1v) is 21.5. The number of carboxylic acids is 1. The number of carbonyl (C=O) groups excluding carboxylic acids is 1. The van der Waals surface area contributed by atoms with Gasteiger partial charge in [-0.1, -0.05) is 0 Å². The summed E-state index contributed by atoms with van der Waals surface area (Å²) in [4.78, 5) is 66.1. The van der Waals surface area contributed by atoms with E-state index in [1.165, 1.54) is 22.3 Å². The molecule has 0 aromatic carbocycles. The minimum absolute atomic E-state index is 0.0451. The molecule has 16 nitrogen and oxygen atoms in total. The number of rotatable bonds is 12. The fourth-order valence-corrected chi connectivity index (χ4v) is 10.7. The van der Waals surface area contributed by atoms with Gasteiger partial charge >= 0.3 is 5.97 Å². The number of carboxylic acid groups (broad SMARTS) is 1. The van der Waals surface area contributed by atoms with E-state index >= 15 is 0 Å². The summed E-state index contributed by atoms with van der Waals surface area (Å²) in [6.07, 6.45) is 14.9. The number of pyridine rings is 2. The predicted molar refractivity (Wildman–Crippen MR) is 231 cm³/mol. The molecule has 6 aromatic heterocycles. The maximum Gasteiger partial charge on any atom is 0.306 e. The van der Waals surface area contributed by atoms with E-state index < -0.39 is 5.97 Å². The van der Waals surface area contributed by atoms with Crippen LogP contribution >= 0.6 is 22.7 Å². The Kier molecular flexibility index (Phi) is 11.5. The zero-order valence-electron chi connectivity index (χ0n) is 33.2. The molecular formula is C42H43N11O5S2. The summed E-state index contributed by atoms with van der Waals surface area (Å²) in [7, 11) is 3.31. The fraction of sp³-hybridized carbons (Fsp3) is 0.381. The van der Waals surface area contributed by atoms with Crippen molar-refractivity contribution in [2.75, 3.05) is 51.2 Å². The second-order valence-corrected chi connectivity index (χ2v) is 17.2. The highest BCUT2D eigenvalue weighted by Gasteiger charge is 2.32. The molecule has 10 rings (SSSR count). The summed E-state index contributed by atoms with van der Waals surface area (Å²) in [6, 6.07) is 3.97. The van der Waals surface area contributed by atoms with Crippen LogP contribution in [0.2, 0.25) is 0 Å². The van der Waals surface area contributed by atoms with Crippen molar-refractivity contribution in [1.29, 1.82) is 0 Å². The van der Waals surface area contributed by atoms with Gasteiger partial charge in [0.25, 0.3) is 0 Å². The molecule has 2 atom stereocenters. The molecule has 2 aliphatic carbocycles. The van der Waals surface area contributed by atoms with Crippen molar-refractivity contribution in [3.05, 3.63) is 80.3 Å². The lowest BCUT2D eigenvalue weighted by Crippen LogP contribution is -2.41. The molecule has 0 fully saturated rings. The van der Waals surface area contributed by atoms with Crippen LogP contribution in [0.25, 0.3) is 20.4 Å². The van der Waals surface area contributed by atoms with Gasteiger partial charge in [0.15, 0.2) is 0 Å². The molecule has 0 spiro atoms. The number of anilines is 4. The van der Waals surface area contributed by atoms with Crippen molar-refractivity contribution in [3.63, 3.8) is 0 Å². The summed E-state index contributed by atoms with van der Waals surface area (Å²) >= 11 is 3.23. The second kappa shape index (κ2) is 17.4. The molecule has 308 valence electrons. The van der Waals surface area contributed by atoms with E-state index in [0.717, 1.165) is 96.5 Å². The van der Waals surface area contributed by atoms with E-state index in [9.17, 15) is 14.7 Å². The van der Waals surface area contributed by atoms with Crippen LogP contribution in [0.15, 0.2) is 47.2 Å². The van der Waals surface area contributed by atoms with Gasteiger partial charge in [0.2, 0.25) is 5.91 Å². The highest BCUT2D eigenvalue weighted by molar-refractivity contribution is 7.19. The van der Waals surface area contributed by atoms with Crippen LogP contribution in [-0.2, 0) is 57.8 Å². The van der Waals surface area contributed by atoms with Gasteiger partial charge in [-0.05, 0) is 61.8 Å². The van der Waals surface area contributed by atoms with E-state index in [1.54, 1.807) is 43.2 Å². The smallest absolute Gasteiger partial charge is 0.306 e. The molecule has 0 radical (unpaired) electrons. The van der Waals surface area contributed by atoms with Crippen molar-refractivity contribution in [2.45, 2.75) is 51.6 Å². The normalized spacial score (nSPS) is 17.1. The molecule has 1 amide bonds. The van der Waals surface area contributed by atoms with Crippen molar-refractivity contribution < 1.29 is 24.2 Å². The first-order chi connectivity index (χ1) is 29.4. The van der Waals surface area contributed by atoms with Gasteiger partial charge in [-0.25, -0.2) is 29.9 Å². The Morgan fingerprint density at radius 1 is 0.733 bits per heavy atom. The Balaban J connectivity index is 0.000000159. The largest absolute Gasteiger partial charge is 0.481 e. The van der Waals surface area contributed by atoms with Crippen LogP contribution in [0.1, 0.15) is 56.0 Å². The zero-order valence-corrected chi connectivity index (χ0v) is 34.8. The van der Waals surface area contributed by atoms with Gasteiger partial charge in [0.1, 0.15) is 45.6 Å². The van der Waals surface area contributed by atoms with E-state index in [0.29, 0.717) is 52.2 Å². The molecule has 0 bridgehead atoms. The van der Waals surface area contributed by atoms with Gasteiger partial charge in [0.05, 0.1) is 43.0 Å². The third-order valence-electron chi connectivity index (χ3n) is 11.4. The van der Waals surface area contributed by atoms with Crippen LogP contribution in [0, 0.1) is 11.8 Å². The standard InChI is InChI=1S/C24H28N6O3S.C18H15N5O2S/c1-32-7-5-30(6-8-33-2)24(31)15-3-4-18-19(9-15)34-23-21(18)22(27-14-28-23)29-20-10-16-11-25-12-17(16)13-26-20;24-18(25)9-1-2-12-13(3-9)26-17-15(12)16(21-8-22-17)23-14-4-10-5-19-6-11(10)7-20-14/h10-11,13-15H,3-9,12H2,1-2H3,(H,26,27,28,29);4-5,7-9H,1-3,6H2,(H,24,25)(H,20,21,22,23)/t15-;9-/m00/s1. The van der Waals surface area contributed by atoms with Gasteiger partial charge in [-0.3, -0.25) is 19.6 Å². The number of aryl methyl sites for hydroxylation is 2. The van der Waals surface area contributed by atoms with Crippen LogP contribution in [0.4, 0.5) is 23.3 Å². The Labute approximate surface area is 353 Å². The predicted octanol–water partition coefficient (Wildman–Crippen LogP) is 5.94. The number of aliphatic imine (C=N–C) groups is 2. The average Bonchev–Trinajstić information content (AvgIpc) is 4.08. The molecule has 6 aromatic rings. The summed E-state index contributed by atoms with van der Waals surface area (Å²) in [5.41, 5.74) is 6.83. The van der Waals surface area contributed by atoms with E-state index in [4.69, 9.17) is 9.47 Å². The van der Waals surface area contributed by atoms with Gasteiger partial charge in [-0.2, -0.15) is 0 Å². The summed E-state index contributed by atoms with van der Waals surface area (Å²) in [5, 5.41) is 18.0. The zero-order chi connectivity index (χ0) is 41.2. The molecule has 0 saturated carbocycles. The lowest BCUT2D eigenvalue weighted by atomic mass is 9.87. The van der Waals surface area contributed by atoms with Gasteiger partial charge in [0, 0.05) is 90.1 Å². The monoisotopic (exact) mass is 845 g/mol. The van der Waals surface area contributed by atoms with Crippen molar-refractivity contribution in [1.82, 2.24) is 34.8 Å². The first-order valence-electron chi connectivity index (χ1n) is 19.9. The molecule has 18 heteroatoms. The molecule has 3 N–H and O–H groups in total. The third-order valence-corrected chi connectivity index (χ3v) is 13.7. The van der Waals surface area contributed by atoms with Crippen molar-refractivity contribution in [2.24, 2.45) is 21.8 Å². The van der Waals surface area contributed by atoms with Crippen LogP contribution in [0.3, 0.4) is 0 Å². The lowest BCUT2D eigenvalue weighted by molar-refractivity contribution is -0.142. The van der Waals surface area contributed by atoms with Crippen molar-refractivity contribution >= 4 is 90.7 Å². The molecule has 0 saturated heterocycles. The van der Waals surface area contributed by atoms with Gasteiger partial charge < -0.3 is 30.1 Å².